The molecule has 0 atom stereocenters. The second-order valence-corrected chi connectivity index (χ2v) is 7.87. The van der Waals surface area contributed by atoms with Crippen LogP contribution in [0.4, 0.5) is 0 Å². The van der Waals surface area contributed by atoms with E-state index in [4.69, 9.17) is 36.4 Å². The van der Waals surface area contributed by atoms with Crippen molar-refractivity contribution in [3.8, 4) is 0 Å². The Morgan fingerprint density at radius 1 is 0.769 bits per heavy atom. The first kappa shape index (κ1) is 31.4. The molecule has 2 aromatic rings. The van der Waals surface area contributed by atoms with E-state index in [1.807, 2.05) is 6.07 Å². The first-order valence-corrected chi connectivity index (χ1v) is 11.1. The summed E-state index contributed by atoms with van der Waals surface area (Å²) in [6.07, 6.45) is 0. The second kappa shape index (κ2) is 13.0. The van der Waals surface area contributed by atoms with Crippen molar-refractivity contribution in [3.05, 3.63) is 42.5 Å². The van der Waals surface area contributed by atoms with Gasteiger partial charge in [-0.1, -0.05) is 36.4 Å². The van der Waals surface area contributed by atoms with Crippen molar-refractivity contribution in [2.45, 2.75) is 4.90 Å². The van der Waals surface area contributed by atoms with Gasteiger partial charge in [0.1, 0.15) is 4.90 Å². The van der Waals surface area contributed by atoms with Gasteiger partial charge in [0, 0.05) is 5.39 Å². The number of fused-ring (bicyclic) bond motifs is 1. The van der Waals surface area contributed by atoms with Gasteiger partial charge in [-0.3, -0.25) is 4.55 Å². The van der Waals surface area contributed by atoms with E-state index in [9.17, 15) is 8.42 Å². The first-order valence-electron chi connectivity index (χ1n) is 5.41. The number of rotatable bonds is 1. The normalized spacial score (nSPS) is 10.8. The van der Waals surface area contributed by atoms with Gasteiger partial charge in [-0.15, -0.1) is 0 Å². The molecule has 0 saturated heterocycles. The summed E-state index contributed by atoms with van der Waals surface area (Å²) < 4.78 is 97.2. The van der Waals surface area contributed by atoms with Crippen LogP contribution in [-0.4, -0.2) is 21.3 Å². The van der Waals surface area contributed by atoms with E-state index in [0.29, 0.717) is 5.39 Å². The Balaban J connectivity index is -0.000000375. The van der Waals surface area contributed by atoms with E-state index >= 15 is 0 Å². The van der Waals surface area contributed by atoms with Crippen LogP contribution in [0.3, 0.4) is 0 Å². The first-order chi connectivity index (χ1) is 10.6. The molecule has 16 heteroatoms. The Morgan fingerprint density at radius 2 is 1.12 bits per heavy atom. The van der Waals surface area contributed by atoms with Gasteiger partial charge in [-0.2, -0.15) is 8.42 Å². The van der Waals surface area contributed by atoms with Crippen LogP contribution in [-0.2, 0) is 52.6 Å². The summed E-state index contributed by atoms with van der Waals surface area (Å²) in [6.45, 7) is 0. The Hall–Kier alpha value is 0.715. The molecule has 2 aromatic carbocycles. The molecule has 0 bridgehead atoms. The van der Waals surface area contributed by atoms with Crippen molar-refractivity contribution in [2.75, 3.05) is 0 Å². The third kappa shape index (κ3) is 18.1. The van der Waals surface area contributed by atoms with E-state index in [1.165, 1.54) is 6.07 Å². The van der Waals surface area contributed by atoms with Gasteiger partial charge in [0.25, 0.3) is 10.1 Å². The average molecular weight is 488 g/mol. The van der Waals surface area contributed by atoms with Crippen LogP contribution in [0.25, 0.3) is 10.8 Å². The summed E-state index contributed by atoms with van der Waals surface area (Å²) in [6, 6.07) is 11.8. The van der Waals surface area contributed by atoms with Gasteiger partial charge in [-0.25, -0.2) is 0 Å². The molecule has 3 N–H and O–H groups in total. The summed E-state index contributed by atoms with van der Waals surface area (Å²) >= 11 is -11.0. The second-order valence-electron chi connectivity index (χ2n) is 3.81. The molecule has 0 spiro atoms. The quantitative estimate of drug-likeness (QED) is 0.254. The van der Waals surface area contributed by atoms with Crippen molar-refractivity contribution in [1.82, 2.24) is 0 Å². The molecule has 0 amide bonds. The topological polar surface area (TPSA) is 209 Å². The molecule has 0 heterocycles. The molecule has 2 rings (SSSR count). The number of hydrogen-bond acceptors (Lipinski definition) is 8. The average Bonchev–Trinajstić information content (AvgIpc) is 2.33. The summed E-state index contributed by atoms with van der Waals surface area (Å²) in [4.78, 5) is -0.0457. The monoisotopic (exact) mass is 488 g/mol. The molecular weight excluding hydrogens is 478 g/mol. The van der Waals surface area contributed by atoms with E-state index in [0.717, 1.165) is 5.39 Å². The molecule has 0 fully saturated rings. The molecule has 0 saturated carbocycles. The third-order valence-electron chi connectivity index (χ3n) is 2.03. The van der Waals surface area contributed by atoms with E-state index in [-0.39, 0.29) is 64.0 Å². The van der Waals surface area contributed by atoms with Crippen molar-refractivity contribution < 1.29 is 131 Å². The van der Waals surface area contributed by atoms with Gasteiger partial charge >= 0.3 is 118 Å². The predicted octanol–water partition coefficient (Wildman–Crippen LogP) is -7.88. The van der Waals surface area contributed by atoms with Crippen molar-refractivity contribution in [1.29, 1.82) is 0 Å². The SMILES string of the molecule is O=S(=O)(O)c1cccc2ccccc12.[Na+].[Na+].[O]=[Cr](=[O])([O-])[OH].[O]=[Cr](=[O])([O-])[OH]. The van der Waals surface area contributed by atoms with Crippen molar-refractivity contribution in [3.63, 3.8) is 0 Å². The van der Waals surface area contributed by atoms with Crippen LogP contribution >= 0.6 is 0 Å². The van der Waals surface area contributed by atoms with Crippen LogP contribution in [0.5, 0.6) is 0 Å². The summed E-state index contributed by atoms with van der Waals surface area (Å²) in [5, 5.41) is 1.33. The molecule has 0 aliphatic carbocycles. The maximum absolute atomic E-state index is 11.0. The zero-order valence-corrected chi connectivity index (χ0v) is 20.7. The van der Waals surface area contributed by atoms with Gasteiger partial charge in [0.05, 0.1) is 0 Å². The molecule has 0 aromatic heterocycles. The number of hydrogen-bond donors (Lipinski definition) is 3. The van der Waals surface area contributed by atoms with Crippen LogP contribution in [0.2, 0.25) is 0 Å². The van der Waals surface area contributed by atoms with E-state index < -0.39 is 37.3 Å². The fourth-order valence-corrected chi connectivity index (χ4v) is 2.13. The van der Waals surface area contributed by atoms with Crippen molar-refractivity contribution in [2.24, 2.45) is 0 Å². The fourth-order valence-electron chi connectivity index (χ4n) is 1.42. The van der Waals surface area contributed by atoms with E-state index in [2.05, 4.69) is 0 Å². The Labute approximate surface area is 197 Å². The maximum atomic E-state index is 11.0. The molecule has 0 radical (unpaired) electrons. The van der Waals surface area contributed by atoms with Crippen molar-refractivity contribution >= 4 is 20.9 Å². The molecule has 0 aliphatic rings. The van der Waals surface area contributed by atoms with Gasteiger partial charge in [-0.05, 0) is 11.5 Å². The zero-order valence-electron chi connectivity index (χ0n) is 13.4. The minimum atomic E-state index is -5.50. The standard InChI is InChI=1S/C10H8O3S.2Cr.2Na.2H2O.6O/c11-14(12,13)10-7-3-5-8-4-1-2-6-9(8)10;;;;;;;;;;;;/h1-7H,(H,11,12,13);;;;;2*1H2;;;;;;/q;4*+1;;;;;;;2*-1/p-2. The summed E-state index contributed by atoms with van der Waals surface area (Å²) in [5.74, 6) is 0. The summed E-state index contributed by atoms with van der Waals surface area (Å²) in [5.41, 5.74) is 0. The number of benzene rings is 2. The van der Waals surface area contributed by atoms with Gasteiger partial charge in [0.15, 0.2) is 0 Å². The molecular formula is C10H10Cr2Na2O11S. The molecule has 0 aliphatic heterocycles. The fraction of sp³-hybridized carbons (Fsp3) is 0. The van der Waals surface area contributed by atoms with Gasteiger partial charge in [0.2, 0.25) is 0 Å². The van der Waals surface area contributed by atoms with Crippen LogP contribution in [0.1, 0.15) is 0 Å². The minimum absolute atomic E-state index is 0. The Kier molecular flexibility index (Phi) is 15.7. The molecule has 26 heavy (non-hydrogen) atoms. The molecule has 136 valence electrons. The molecule has 11 nitrogen and oxygen atoms in total. The predicted molar refractivity (Wildman–Crippen MR) is 60.9 cm³/mol. The Bertz CT molecular complexity index is 953. The van der Waals surface area contributed by atoms with Crippen LogP contribution in [0, 0.1) is 0 Å². The Morgan fingerprint density at radius 3 is 1.50 bits per heavy atom. The van der Waals surface area contributed by atoms with E-state index in [1.54, 1.807) is 30.3 Å². The third-order valence-corrected chi connectivity index (χ3v) is 2.94. The van der Waals surface area contributed by atoms with Gasteiger partial charge < -0.3 is 0 Å². The van der Waals surface area contributed by atoms with Crippen LogP contribution < -0.4 is 67.4 Å². The summed E-state index contributed by atoms with van der Waals surface area (Å²) in [7, 11) is -4.13. The van der Waals surface area contributed by atoms with Crippen LogP contribution in [0.15, 0.2) is 47.4 Å². The molecule has 0 unspecified atom stereocenters. The zero-order chi connectivity index (χ0) is 19.2.